The first kappa shape index (κ1) is 17.4. The summed E-state index contributed by atoms with van der Waals surface area (Å²) in [5.41, 5.74) is 0. The highest BCUT2D eigenvalue weighted by atomic mass is 32.2. The van der Waals surface area contributed by atoms with Crippen LogP contribution in [0.1, 0.15) is 27.2 Å². The van der Waals surface area contributed by atoms with Crippen molar-refractivity contribution in [1.82, 2.24) is 5.32 Å². The number of amides is 1. The van der Waals surface area contributed by atoms with Crippen molar-refractivity contribution in [2.75, 3.05) is 12.4 Å². The standard InChI is InChI=1S/C13H23NO5S/c1-7-10(6-15)19-8(2)12(13(7)18)14-11(17)4-5-20-9(3)16/h7-8,10,12-13,15,18H,4-6H2,1-3H3,(H,14,17)/t7-,8+,10-,12+,13+/m1/s1. The van der Waals surface area contributed by atoms with Crippen molar-refractivity contribution in [3.05, 3.63) is 0 Å². The smallest absolute Gasteiger partial charge is 0.221 e. The summed E-state index contributed by atoms with van der Waals surface area (Å²) in [6, 6.07) is -0.498. The van der Waals surface area contributed by atoms with Crippen LogP contribution in [0.15, 0.2) is 0 Å². The lowest BCUT2D eigenvalue weighted by atomic mass is 9.87. The van der Waals surface area contributed by atoms with Gasteiger partial charge in [0, 0.05) is 25.0 Å². The lowest BCUT2D eigenvalue weighted by Gasteiger charge is -2.42. The number of hydrogen-bond donors (Lipinski definition) is 3. The van der Waals surface area contributed by atoms with Gasteiger partial charge in [-0.15, -0.1) is 0 Å². The highest BCUT2D eigenvalue weighted by Crippen LogP contribution is 2.25. The van der Waals surface area contributed by atoms with Crippen LogP contribution in [0.3, 0.4) is 0 Å². The Kier molecular flexibility index (Phi) is 6.94. The largest absolute Gasteiger partial charge is 0.394 e. The molecule has 0 radical (unpaired) electrons. The van der Waals surface area contributed by atoms with E-state index in [-0.39, 0.29) is 36.1 Å². The molecule has 3 N–H and O–H groups in total. The van der Waals surface area contributed by atoms with E-state index in [2.05, 4.69) is 5.32 Å². The SMILES string of the molecule is CC(=O)SCCC(=O)N[C@@H]1[C@@H](O)[C@H](C)[C@@H](CO)O[C@H]1C. The third-order valence-corrected chi connectivity index (χ3v) is 4.35. The van der Waals surface area contributed by atoms with E-state index < -0.39 is 18.2 Å². The Morgan fingerprint density at radius 3 is 2.55 bits per heavy atom. The van der Waals surface area contributed by atoms with Crippen LogP contribution in [0.5, 0.6) is 0 Å². The molecule has 7 heteroatoms. The van der Waals surface area contributed by atoms with E-state index in [1.165, 1.54) is 6.92 Å². The molecule has 1 aliphatic rings. The van der Waals surface area contributed by atoms with Crippen LogP contribution in [-0.4, -0.2) is 57.9 Å². The summed E-state index contributed by atoms with van der Waals surface area (Å²) >= 11 is 1.10. The summed E-state index contributed by atoms with van der Waals surface area (Å²) < 4.78 is 5.59. The molecule has 1 fully saturated rings. The zero-order valence-corrected chi connectivity index (χ0v) is 12.9. The average Bonchev–Trinajstić information content (AvgIpc) is 2.38. The van der Waals surface area contributed by atoms with E-state index >= 15 is 0 Å². The van der Waals surface area contributed by atoms with Gasteiger partial charge in [-0.1, -0.05) is 18.7 Å². The number of rotatable bonds is 5. The number of hydrogen-bond acceptors (Lipinski definition) is 6. The van der Waals surface area contributed by atoms with Crippen molar-refractivity contribution in [1.29, 1.82) is 0 Å². The maximum Gasteiger partial charge on any atom is 0.221 e. The fraction of sp³-hybridized carbons (Fsp3) is 0.846. The van der Waals surface area contributed by atoms with Gasteiger partial charge in [-0.05, 0) is 6.92 Å². The topological polar surface area (TPSA) is 95.9 Å². The Hall–Kier alpha value is -0.630. The quantitative estimate of drug-likeness (QED) is 0.657. The Labute approximate surface area is 123 Å². The molecule has 116 valence electrons. The van der Waals surface area contributed by atoms with Crippen molar-refractivity contribution in [3.8, 4) is 0 Å². The van der Waals surface area contributed by atoms with Crippen LogP contribution < -0.4 is 5.32 Å². The van der Waals surface area contributed by atoms with Crippen molar-refractivity contribution in [2.45, 2.75) is 51.5 Å². The second-order valence-corrected chi connectivity index (χ2v) is 6.37. The maximum atomic E-state index is 11.8. The molecule has 1 rings (SSSR count). The van der Waals surface area contributed by atoms with Gasteiger partial charge >= 0.3 is 0 Å². The molecule has 1 aliphatic heterocycles. The van der Waals surface area contributed by atoms with Crippen molar-refractivity contribution in [2.24, 2.45) is 5.92 Å². The van der Waals surface area contributed by atoms with Crippen LogP contribution in [-0.2, 0) is 14.3 Å². The molecule has 1 heterocycles. The fourth-order valence-corrected chi connectivity index (χ4v) is 2.84. The first-order valence-corrected chi connectivity index (χ1v) is 7.72. The first-order valence-electron chi connectivity index (χ1n) is 6.74. The summed E-state index contributed by atoms with van der Waals surface area (Å²) in [6.45, 7) is 4.84. The molecule has 0 aliphatic carbocycles. The lowest BCUT2D eigenvalue weighted by molar-refractivity contribution is -0.161. The summed E-state index contributed by atoms with van der Waals surface area (Å²) in [6.07, 6.45) is -1.33. The highest BCUT2D eigenvalue weighted by molar-refractivity contribution is 8.13. The number of ether oxygens (including phenoxy) is 1. The normalized spacial score (nSPS) is 33.8. The van der Waals surface area contributed by atoms with E-state index in [4.69, 9.17) is 4.74 Å². The van der Waals surface area contributed by atoms with E-state index in [1.54, 1.807) is 13.8 Å². The highest BCUT2D eigenvalue weighted by Gasteiger charge is 2.41. The molecule has 0 unspecified atom stereocenters. The van der Waals surface area contributed by atoms with Gasteiger partial charge in [0.2, 0.25) is 5.91 Å². The van der Waals surface area contributed by atoms with Crippen LogP contribution in [0.4, 0.5) is 0 Å². The minimum atomic E-state index is -0.764. The van der Waals surface area contributed by atoms with Crippen molar-refractivity contribution >= 4 is 22.8 Å². The Morgan fingerprint density at radius 1 is 1.35 bits per heavy atom. The minimum absolute atomic E-state index is 0.0217. The third kappa shape index (κ3) is 4.73. The molecule has 1 saturated heterocycles. The predicted octanol–water partition coefficient (Wildman–Crippen LogP) is -0.0824. The average molecular weight is 305 g/mol. The number of carbonyl (C=O) groups excluding carboxylic acids is 2. The number of carbonyl (C=O) groups is 2. The molecule has 0 spiro atoms. The number of nitrogens with one attached hydrogen (secondary N) is 1. The second kappa shape index (κ2) is 7.97. The number of aliphatic hydroxyl groups excluding tert-OH is 2. The molecule has 5 atom stereocenters. The molecular weight excluding hydrogens is 282 g/mol. The van der Waals surface area contributed by atoms with Gasteiger partial charge in [0.25, 0.3) is 0 Å². The van der Waals surface area contributed by atoms with Crippen LogP contribution in [0.25, 0.3) is 0 Å². The van der Waals surface area contributed by atoms with E-state index in [1.807, 2.05) is 0 Å². The zero-order valence-electron chi connectivity index (χ0n) is 12.0. The van der Waals surface area contributed by atoms with E-state index in [0.717, 1.165) is 11.8 Å². The van der Waals surface area contributed by atoms with Gasteiger partial charge < -0.3 is 20.3 Å². The van der Waals surface area contributed by atoms with Gasteiger partial charge in [0.05, 0.1) is 31.0 Å². The molecule has 0 aromatic rings. The second-order valence-electron chi connectivity index (χ2n) is 5.10. The Bertz CT molecular complexity index is 352. The molecular formula is C13H23NO5S. The molecule has 0 saturated carbocycles. The van der Waals surface area contributed by atoms with Crippen LogP contribution >= 0.6 is 11.8 Å². The number of aliphatic hydroxyl groups is 2. The molecule has 0 bridgehead atoms. The summed E-state index contributed by atoms with van der Waals surface area (Å²) in [4.78, 5) is 22.6. The molecule has 6 nitrogen and oxygen atoms in total. The summed E-state index contributed by atoms with van der Waals surface area (Å²) in [7, 11) is 0. The van der Waals surface area contributed by atoms with Gasteiger partial charge in [-0.25, -0.2) is 0 Å². The molecule has 20 heavy (non-hydrogen) atoms. The van der Waals surface area contributed by atoms with Gasteiger partial charge in [-0.3, -0.25) is 9.59 Å². The van der Waals surface area contributed by atoms with Crippen molar-refractivity contribution < 1.29 is 24.5 Å². The Balaban J connectivity index is 2.49. The number of thioether (sulfide) groups is 1. The lowest BCUT2D eigenvalue weighted by Crippen LogP contribution is -2.60. The molecule has 0 aromatic carbocycles. The third-order valence-electron chi connectivity index (χ3n) is 3.53. The van der Waals surface area contributed by atoms with Gasteiger partial charge in [0.1, 0.15) is 0 Å². The zero-order chi connectivity index (χ0) is 15.3. The van der Waals surface area contributed by atoms with E-state index in [0.29, 0.717) is 5.75 Å². The summed E-state index contributed by atoms with van der Waals surface area (Å²) in [5, 5.41) is 22.1. The molecule has 0 aromatic heterocycles. The Morgan fingerprint density at radius 2 is 2.00 bits per heavy atom. The first-order chi connectivity index (χ1) is 9.36. The van der Waals surface area contributed by atoms with Crippen molar-refractivity contribution in [3.63, 3.8) is 0 Å². The van der Waals surface area contributed by atoms with Gasteiger partial charge in [0.15, 0.2) is 5.12 Å². The van der Waals surface area contributed by atoms with Crippen LogP contribution in [0, 0.1) is 5.92 Å². The monoisotopic (exact) mass is 305 g/mol. The van der Waals surface area contributed by atoms with Crippen LogP contribution in [0.2, 0.25) is 0 Å². The molecule has 1 amide bonds. The van der Waals surface area contributed by atoms with E-state index in [9.17, 15) is 19.8 Å². The van der Waals surface area contributed by atoms with Gasteiger partial charge in [-0.2, -0.15) is 0 Å². The predicted molar refractivity (Wildman–Crippen MR) is 76.3 cm³/mol. The summed E-state index contributed by atoms with van der Waals surface area (Å²) in [5.74, 6) is -0.0467. The minimum Gasteiger partial charge on any atom is -0.394 e. The fourth-order valence-electron chi connectivity index (χ4n) is 2.27. The maximum absolute atomic E-state index is 11.8.